The van der Waals surface area contributed by atoms with Gasteiger partial charge in [-0.1, -0.05) is 45.7 Å². The van der Waals surface area contributed by atoms with Crippen LogP contribution in [0.4, 0.5) is 0 Å². The molecule has 0 amide bonds. The zero-order valence-corrected chi connectivity index (χ0v) is 12.7. The van der Waals surface area contributed by atoms with Gasteiger partial charge in [0.25, 0.3) is 0 Å². The monoisotopic (exact) mass is 338 g/mol. The van der Waals surface area contributed by atoms with Crippen LogP contribution in [0.15, 0.2) is 40.9 Å². The molecule has 98 valence electrons. The summed E-state index contributed by atoms with van der Waals surface area (Å²) in [7, 11) is 1.65. The lowest BCUT2D eigenvalue weighted by Gasteiger charge is -2.13. The Balaban J connectivity index is 1.99. The van der Waals surface area contributed by atoms with E-state index >= 15 is 0 Å². The van der Waals surface area contributed by atoms with Gasteiger partial charge in [0.15, 0.2) is 11.5 Å². The fraction of sp³-hybridized carbons (Fsp3) is 0.200. The molecule has 1 aliphatic heterocycles. The summed E-state index contributed by atoms with van der Waals surface area (Å²) in [6, 6.07) is 11.8. The first kappa shape index (κ1) is 12.8. The predicted octanol–water partition coefficient (Wildman–Crippen LogP) is 4.79. The Kier molecular flexibility index (Phi) is 3.42. The van der Waals surface area contributed by atoms with Gasteiger partial charge in [0.1, 0.15) is 6.10 Å². The van der Waals surface area contributed by atoms with Crippen molar-refractivity contribution in [3.05, 3.63) is 57.0 Å². The van der Waals surface area contributed by atoms with E-state index in [4.69, 9.17) is 21.1 Å². The summed E-state index contributed by atoms with van der Waals surface area (Å²) in [6.07, 6.45) is 0.751. The zero-order valence-electron chi connectivity index (χ0n) is 10.3. The Bertz CT molecular complexity index is 628. The minimum atomic E-state index is -0.0492. The maximum Gasteiger partial charge on any atom is 0.165 e. The van der Waals surface area contributed by atoms with Gasteiger partial charge in [0.05, 0.1) is 7.11 Å². The van der Waals surface area contributed by atoms with Crippen LogP contribution in [-0.4, -0.2) is 7.11 Å². The van der Waals surface area contributed by atoms with Crippen molar-refractivity contribution < 1.29 is 9.47 Å². The molecular formula is C15H12BrClO2. The van der Waals surface area contributed by atoms with Crippen molar-refractivity contribution in [2.45, 2.75) is 12.5 Å². The van der Waals surface area contributed by atoms with E-state index in [1.54, 1.807) is 7.11 Å². The number of fused-ring (bicyclic) bond motifs is 1. The number of halogens is 2. The summed E-state index contributed by atoms with van der Waals surface area (Å²) in [6.45, 7) is 0. The van der Waals surface area contributed by atoms with Crippen molar-refractivity contribution in [3.63, 3.8) is 0 Å². The molecule has 0 aliphatic carbocycles. The second-order valence-corrected chi connectivity index (χ2v) is 5.75. The van der Waals surface area contributed by atoms with Crippen LogP contribution in [0.5, 0.6) is 11.5 Å². The molecule has 0 N–H and O–H groups in total. The molecule has 1 unspecified atom stereocenters. The van der Waals surface area contributed by atoms with Crippen LogP contribution in [0, 0.1) is 0 Å². The van der Waals surface area contributed by atoms with Crippen LogP contribution in [0.1, 0.15) is 17.2 Å². The van der Waals surface area contributed by atoms with Crippen molar-refractivity contribution in [3.8, 4) is 11.5 Å². The summed E-state index contributed by atoms with van der Waals surface area (Å²) in [5, 5.41) is 0.735. The Hall–Kier alpha value is -1.19. The van der Waals surface area contributed by atoms with Crippen LogP contribution < -0.4 is 9.47 Å². The van der Waals surface area contributed by atoms with Crippen molar-refractivity contribution >= 4 is 27.5 Å². The van der Waals surface area contributed by atoms with Crippen molar-refractivity contribution in [1.82, 2.24) is 0 Å². The minimum Gasteiger partial charge on any atom is -0.493 e. The third-order valence-electron chi connectivity index (χ3n) is 3.23. The van der Waals surface area contributed by atoms with Gasteiger partial charge in [-0.3, -0.25) is 0 Å². The Morgan fingerprint density at radius 3 is 2.84 bits per heavy atom. The molecule has 2 aromatic carbocycles. The largest absolute Gasteiger partial charge is 0.493 e. The second kappa shape index (κ2) is 5.06. The van der Waals surface area contributed by atoms with Crippen molar-refractivity contribution in [1.29, 1.82) is 0 Å². The summed E-state index contributed by atoms with van der Waals surface area (Å²) in [5.74, 6) is 1.56. The van der Waals surface area contributed by atoms with E-state index in [1.165, 1.54) is 0 Å². The third kappa shape index (κ3) is 2.33. The van der Waals surface area contributed by atoms with Gasteiger partial charge in [-0.25, -0.2) is 0 Å². The molecule has 0 radical (unpaired) electrons. The van der Waals surface area contributed by atoms with Gasteiger partial charge in [-0.15, -0.1) is 0 Å². The maximum atomic E-state index is 6.23. The first-order valence-electron chi connectivity index (χ1n) is 5.96. The lowest BCUT2D eigenvalue weighted by Crippen LogP contribution is -2.03. The molecule has 4 heteroatoms. The van der Waals surface area contributed by atoms with Gasteiger partial charge in [0.2, 0.25) is 0 Å². The van der Waals surface area contributed by atoms with E-state index in [9.17, 15) is 0 Å². The van der Waals surface area contributed by atoms with Crippen molar-refractivity contribution in [2.75, 3.05) is 7.11 Å². The highest BCUT2D eigenvalue weighted by Gasteiger charge is 2.29. The number of rotatable bonds is 2. The Labute approximate surface area is 125 Å². The summed E-state index contributed by atoms with van der Waals surface area (Å²) in [4.78, 5) is 0. The number of ether oxygens (including phenoxy) is 2. The average molecular weight is 340 g/mol. The second-order valence-electron chi connectivity index (χ2n) is 4.43. The van der Waals surface area contributed by atoms with Crippen LogP contribution >= 0.6 is 27.5 Å². The van der Waals surface area contributed by atoms with Gasteiger partial charge < -0.3 is 9.47 Å². The van der Waals surface area contributed by atoms with E-state index in [0.717, 1.165) is 38.5 Å². The lowest BCUT2D eigenvalue weighted by atomic mass is 10.0. The van der Waals surface area contributed by atoms with Gasteiger partial charge in [-0.05, 0) is 18.2 Å². The van der Waals surface area contributed by atoms with E-state index in [2.05, 4.69) is 22.0 Å². The highest BCUT2D eigenvalue weighted by Crippen LogP contribution is 2.45. The molecule has 2 aromatic rings. The van der Waals surface area contributed by atoms with Crippen molar-refractivity contribution in [2.24, 2.45) is 0 Å². The molecule has 2 nitrogen and oxygen atoms in total. The Morgan fingerprint density at radius 2 is 2.11 bits per heavy atom. The van der Waals surface area contributed by atoms with E-state index in [-0.39, 0.29) is 6.10 Å². The molecule has 0 aromatic heterocycles. The standard InChI is InChI=1S/C15H12BrClO2/c1-18-14-8-10(16)6-9-7-13(19-15(9)14)11-4-2-3-5-12(11)17/h2-6,8,13H,7H2,1H3. The lowest BCUT2D eigenvalue weighted by molar-refractivity contribution is 0.229. The predicted molar refractivity (Wildman–Crippen MR) is 79.2 cm³/mol. The quantitative estimate of drug-likeness (QED) is 0.783. The van der Waals surface area contributed by atoms with Gasteiger partial charge in [0, 0.05) is 27.0 Å². The molecule has 0 spiro atoms. The fourth-order valence-corrected chi connectivity index (χ4v) is 3.09. The van der Waals surface area contributed by atoms with Crippen LogP contribution in [0.3, 0.4) is 0 Å². The molecule has 0 saturated carbocycles. The third-order valence-corrected chi connectivity index (χ3v) is 4.04. The summed E-state index contributed by atoms with van der Waals surface area (Å²) >= 11 is 9.72. The molecule has 0 fully saturated rings. The molecule has 1 aliphatic rings. The van der Waals surface area contributed by atoms with E-state index in [1.807, 2.05) is 30.3 Å². The SMILES string of the molecule is COc1cc(Br)cc2c1OC(c1ccccc1Cl)C2. The summed E-state index contributed by atoms with van der Waals surface area (Å²) in [5.41, 5.74) is 2.15. The number of benzene rings is 2. The van der Waals surface area contributed by atoms with E-state index < -0.39 is 0 Å². The molecule has 1 heterocycles. The molecule has 0 bridgehead atoms. The molecule has 1 atom stereocenters. The molecule has 19 heavy (non-hydrogen) atoms. The first-order valence-corrected chi connectivity index (χ1v) is 7.13. The average Bonchev–Trinajstić information content (AvgIpc) is 2.81. The smallest absolute Gasteiger partial charge is 0.165 e. The number of methoxy groups -OCH3 is 1. The van der Waals surface area contributed by atoms with Crippen LogP contribution in [0.25, 0.3) is 0 Å². The highest BCUT2D eigenvalue weighted by atomic mass is 79.9. The fourth-order valence-electron chi connectivity index (χ4n) is 2.35. The van der Waals surface area contributed by atoms with E-state index in [0.29, 0.717) is 0 Å². The number of hydrogen-bond donors (Lipinski definition) is 0. The first-order chi connectivity index (χ1) is 9.19. The molecule has 3 rings (SSSR count). The van der Waals surface area contributed by atoms with Crippen LogP contribution in [-0.2, 0) is 6.42 Å². The minimum absolute atomic E-state index is 0.0492. The normalized spacial score (nSPS) is 16.9. The topological polar surface area (TPSA) is 18.5 Å². The van der Waals surface area contributed by atoms with Gasteiger partial charge in [-0.2, -0.15) is 0 Å². The van der Waals surface area contributed by atoms with Crippen LogP contribution in [0.2, 0.25) is 5.02 Å². The maximum absolute atomic E-state index is 6.23. The Morgan fingerprint density at radius 1 is 1.32 bits per heavy atom. The number of hydrogen-bond acceptors (Lipinski definition) is 2. The van der Waals surface area contributed by atoms with Gasteiger partial charge >= 0.3 is 0 Å². The summed E-state index contributed by atoms with van der Waals surface area (Å²) < 4.78 is 12.4. The highest BCUT2D eigenvalue weighted by molar-refractivity contribution is 9.10. The molecular weight excluding hydrogens is 328 g/mol. The molecule has 0 saturated heterocycles. The zero-order chi connectivity index (χ0) is 13.4.